The average molecular weight is 219 g/mol. The summed E-state index contributed by atoms with van der Waals surface area (Å²) in [6.45, 7) is 0. The third kappa shape index (κ3) is 3.29. The highest BCUT2D eigenvalue weighted by molar-refractivity contribution is 7.85. The van der Waals surface area contributed by atoms with E-state index in [-0.39, 0.29) is 11.4 Å². The second-order valence-electron chi connectivity index (χ2n) is 2.71. The highest BCUT2D eigenvalue weighted by Crippen LogP contribution is 2.16. The molecule has 1 atom stereocenters. The Labute approximate surface area is 80.6 Å². The lowest BCUT2D eigenvalue weighted by atomic mass is 10.2. The maximum Gasteiger partial charge on any atom is 0.267 e. The lowest BCUT2D eigenvalue weighted by Gasteiger charge is -2.08. The van der Waals surface area contributed by atoms with Gasteiger partial charge < -0.3 is 10.2 Å². The third-order valence-corrected chi connectivity index (χ3v) is 2.26. The van der Waals surface area contributed by atoms with Crippen LogP contribution in [0.3, 0.4) is 0 Å². The van der Waals surface area contributed by atoms with Crippen molar-refractivity contribution in [1.82, 2.24) is 4.98 Å². The number of aliphatic hydroxyl groups is 1. The average Bonchev–Trinajstić information content (AvgIpc) is 2.01. The summed E-state index contributed by atoms with van der Waals surface area (Å²) in [5.74, 6) is -1.13. The van der Waals surface area contributed by atoms with E-state index in [2.05, 4.69) is 4.98 Å². The smallest absolute Gasteiger partial charge is 0.267 e. The highest BCUT2D eigenvalue weighted by atomic mass is 32.2. The fourth-order valence-electron chi connectivity index (χ4n) is 0.937. The van der Waals surface area contributed by atoms with Crippen LogP contribution in [0.5, 0.6) is 5.88 Å². The molecule has 0 spiro atoms. The van der Waals surface area contributed by atoms with Gasteiger partial charge in [-0.25, -0.2) is 4.98 Å². The molecule has 1 aromatic rings. The Kier molecular flexibility index (Phi) is 3.04. The topological polar surface area (TPSA) is 108 Å². The van der Waals surface area contributed by atoms with Crippen LogP contribution in [-0.2, 0) is 10.1 Å². The summed E-state index contributed by atoms with van der Waals surface area (Å²) in [7, 11) is -4.24. The second kappa shape index (κ2) is 3.91. The van der Waals surface area contributed by atoms with Gasteiger partial charge in [-0.3, -0.25) is 4.55 Å². The van der Waals surface area contributed by atoms with Gasteiger partial charge in [-0.2, -0.15) is 8.42 Å². The molecule has 0 radical (unpaired) electrons. The number of aromatic nitrogens is 1. The van der Waals surface area contributed by atoms with Gasteiger partial charge in [-0.1, -0.05) is 0 Å². The number of aromatic hydroxyl groups is 1. The van der Waals surface area contributed by atoms with Crippen LogP contribution in [0, 0.1) is 0 Å². The van der Waals surface area contributed by atoms with Crippen LogP contribution in [0.2, 0.25) is 0 Å². The molecule has 1 unspecified atom stereocenters. The fourth-order valence-corrected chi connectivity index (χ4v) is 1.53. The van der Waals surface area contributed by atoms with E-state index in [4.69, 9.17) is 9.66 Å². The van der Waals surface area contributed by atoms with Crippen molar-refractivity contribution in [3.63, 3.8) is 0 Å². The van der Waals surface area contributed by atoms with Crippen molar-refractivity contribution < 1.29 is 23.2 Å². The number of rotatable bonds is 3. The fraction of sp³-hybridized carbons (Fsp3) is 0.286. The SMILES string of the molecule is O=S(=O)(O)CC(O)c1ccnc(O)c1. The molecule has 1 rings (SSSR count). The van der Waals surface area contributed by atoms with Crippen LogP contribution in [0.25, 0.3) is 0 Å². The Hall–Kier alpha value is -1.18. The molecule has 0 amide bonds. The summed E-state index contributed by atoms with van der Waals surface area (Å²) >= 11 is 0. The zero-order valence-electron chi connectivity index (χ0n) is 7.03. The van der Waals surface area contributed by atoms with Crippen molar-refractivity contribution in [3.8, 4) is 5.88 Å². The summed E-state index contributed by atoms with van der Waals surface area (Å²) < 4.78 is 29.3. The highest BCUT2D eigenvalue weighted by Gasteiger charge is 2.16. The van der Waals surface area contributed by atoms with Crippen molar-refractivity contribution in [1.29, 1.82) is 0 Å². The molecule has 0 saturated heterocycles. The first-order chi connectivity index (χ1) is 6.38. The summed E-state index contributed by atoms with van der Waals surface area (Å²) in [5, 5.41) is 18.2. The Morgan fingerprint density at radius 1 is 1.50 bits per heavy atom. The molecule has 0 aliphatic heterocycles. The molecule has 0 aliphatic rings. The second-order valence-corrected chi connectivity index (χ2v) is 4.21. The molecule has 78 valence electrons. The Morgan fingerprint density at radius 3 is 2.64 bits per heavy atom. The van der Waals surface area contributed by atoms with E-state index >= 15 is 0 Å². The number of pyridine rings is 1. The maximum atomic E-state index is 10.4. The molecule has 1 aromatic heterocycles. The molecule has 0 aromatic carbocycles. The number of aliphatic hydroxyl groups excluding tert-OH is 1. The zero-order chi connectivity index (χ0) is 10.8. The molecule has 3 N–H and O–H groups in total. The minimum absolute atomic E-state index is 0.176. The Morgan fingerprint density at radius 2 is 2.14 bits per heavy atom. The van der Waals surface area contributed by atoms with Crippen LogP contribution >= 0.6 is 0 Å². The number of hydrogen-bond acceptors (Lipinski definition) is 5. The van der Waals surface area contributed by atoms with Crippen molar-refractivity contribution in [3.05, 3.63) is 23.9 Å². The number of nitrogens with zero attached hydrogens (tertiary/aromatic N) is 1. The molecule has 0 saturated carbocycles. The summed E-state index contributed by atoms with van der Waals surface area (Å²) in [6, 6.07) is 2.46. The number of hydrogen-bond donors (Lipinski definition) is 3. The van der Waals surface area contributed by atoms with Crippen molar-refractivity contribution in [2.45, 2.75) is 6.10 Å². The molecule has 0 bridgehead atoms. The van der Waals surface area contributed by atoms with Gasteiger partial charge in [0.05, 0.1) is 6.10 Å². The van der Waals surface area contributed by atoms with Crippen molar-refractivity contribution >= 4 is 10.1 Å². The van der Waals surface area contributed by atoms with E-state index in [1.807, 2.05) is 0 Å². The first-order valence-electron chi connectivity index (χ1n) is 3.66. The lowest BCUT2D eigenvalue weighted by molar-refractivity contribution is 0.198. The van der Waals surface area contributed by atoms with Gasteiger partial charge in [0.25, 0.3) is 10.1 Å². The Bertz CT molecular complexity index is 416. The lowest BCUT2D eigenvalue weighted by Crippen LogP contribution is -2.13. The molecular weight excluding hydrogens is 210 g/mol. The van der Waals surface area contributed by atoms with Gasteiger partial charge in [-0.05, 0) is 11.6 Å². The van der Waals surface area contributed by atoms with Gasteiger partial charge in [-0.15, -0.1) is 0 Å². The maximum absolute atomic E-state index is 10.4. The normalized spacial score (nSPS) is 13.9. The van der Waals surface area contributed by atoms with E-state index in [9.17, 15) is 13.5 Å². The van der Waals surface area contributed by atoms with Crippen molar-refractivity contribution in [2.24, 2.45) is 0 Å². The Balaban J connectivity index is 2.85. The summed E-state index contributed by atoms with van der Waals surface area (Å²) in [5.41, 5.74) is 0.176. The predicted molar refractivity (Wildman–Crippen MR) is 47.3 cm³/mol. The molecule has 7 heteroatoms. The zero-order valence-corrected chi connectivity index (χ0v) is 7.85. The molecule has 6 nitrogen and oxygen atoms in total. The van der Waals surface area contributed by atoms with Gasteiger partial charge in [0.1, 0.15) is 5.75 Å². The van der Waals surface area contributed by atoms with E-state index < -0.39 is 22.0 Å². The van der Waals surface area contributed by atoms with Gasteiger partial charge in [0.15, 0.2) is 0 Å². The minimum atomic E-state index is -4.24. The summed E-state index contributed by atoms with van der Waals surface area (Å²) in [4.78, 5) is 3.45. The van der Waals surface area contributed by atoms with E-state index in [0.717, 1.165) is 6.07 Å². The first kappa shape index (κ1) is 10.9. The molecule has 14 heavy (non-hydrogen) atoms. The van der Waals surface area contributed by atoms with E-state index in [0.29, 0.717) is 0 Å². The molecular formula is C7H9NO5S. The van der Waals surface area contributed by atoms with Crippen LogP contribution < -0.4 is 0 Å². The van der Waals surface area contributed by atoms with Crippen LogP contribution in [-0.4, -0.2) is 33.9 Å². The van der Waals surface area contributed by atoms with E-state index in [1.165, 1.54) is 12.3 Å². The van der Waals surface area contributed by atoms with Crippen LogP contribution in [0.4, 0.5) is 0 Å². The molecule has 0 fully saturated rings. The molecule has 0 aliphatic carbocycles. The quantitative estimate of drug-likeness (QED) is 0.603. The largest absolute Gasteiger partial charge is 0.493 e. The first-order valence-corrected chi connectivity index (χ1v) is 5.27. The summed E-state index contributed by atoms with van der Waals surface area (Å²) in [6.07, 6.45) is -0.156. The predicted octanol–water partition coefficient (Wildman–Crippen LogP) is -0.292. The van der Waals surface area contributed by atoms with Gasteiger partial charge in [0, 0.05) is 12.3 Å². The van der Waals surface area contributed by atoms with Crippen LogP contribution in [0.15, 0.2) is 18.3 Å². The van der Waals surface area contributed by atoms with Gasteiger partial charge in [0.2, 0.25) is 5.88 Å². The standard InChI is InChI=1S/C7H9NO5S/c9-6(4-14(11,12)13)5-1-2-8-7(10)3-5/h1-3,6,9H,4H2,(H,8,10)(H,11,12,13). The minimum Gasteiger partial charge on any atom is -0.493 e. The van der Waals surface area contributed by atoms with E-state index in [1.54, 1.807) is 0 Å². The third-order valence-electron chi connectivity index (χ3n) is 1.52. The monoisotopic (exact) mass is 219 g/mol. The van der Waals surface area contributed by atoms with Crippen molar-refractivity contribution in [2.75, 3.05) is 5.75 Å². The molecule has 1 heterocycles. The van der Waals surface area contributed by atoms with Gasteiger partial charge >= 0.3 is 0 Å². The van der Waals surface area contributed by atoms with Crippen LogP contribution in [0.1, 0.15) is 11.7 Å².